The van der Waals surface area contributed by atoms with Gasteiger partial charge in [0.2, 0.25) is 16.0 Å². The van der Waals surface area contributed by atoms with Crippen LogP contribution in [0.4, 0.5) is 27.5 Å². The Morgan fingerprint density at radius 3 is 2.56 bits per heavy atom. The summed E-state index contributed by atoms with van der Waals surface area (Å²) in [5.74, 6) is 0.0394. The number of hydrogen-bond acceptors (Lipinski definition) is 8. The van der Waals surface area contributed by atoms with E-state index in [9.17, 15) is 12.8 Å². The molecule has 0 saturated carbocycles. The van der Waals surface area contributed by atoms with Crippen LogP contribution in [0.2, 0.25) is 0 Å². The van der Waals surface area contributed by atoms with Crippen molar-refractivity contribution in [2.75, 3.05) is 10.6 Å². The molecular weight excluding hydrogens is 459 g/mol. The number of aromatic nitrogens is 3. The average molecular weight is 481 g/mol. The van der Waals surface area contributed by atoms with Gasteiger partial charge in [-0.25, -0.2) is 22.9 Å². The van der Waals surface area contributed by atoms with Gasteiger partial charge in [0.15, 0.2) is 11.6 Å². The second-order valence-corrected chi connectivity index (χ2v) is 8.86. The van der Waals surface area contributed by atoms with Crippen LogP contribution in [-0.2, 0) is 16.6 Å². The van der Waals surface area contributed by atoms with Crippen LogP contribution < -0.4 is 20.5 Å². The largest absolute Gasteiger partial charge is 0.487 e. The predicted octanol–water partition coefficient (Wildman–Crippen LogP) is 4.03. The lowest BCUT2D eigenvalue weighted by atomic mass is 10.2. The molecule has 174 valence electrons. The van der Waals surface area contributed by atoms with Gasteiger partial charge >= 0.3 is 0 Å². The highest BCUT2D eigenvalue weighted by atomic mass is 32.2. The summed E-state index contributed by atoms with van der Waals surface area (Å²) in [6.45, 7) is 2.21. The Bertz CT molecular complexity index is 1420. The second-order valence-electron chi connectivity index (χ2n) is 7.30. The Morgan fingerprint density at radius 1 is 1.00 bits per heavy atom. The van der Waals surface area contributed by atoms with Crippen LogP contribution in [0.25, 0.3) is 0 Å². The first kappa shape index (κ1) is 23.1. The number of halogens is 1. The van der Waals surface area contributed by atoms with Crippen LogP contribution >= 0.6 is 0 Å². The highest BCUT2D eigenvalue weighted by molar-refractivity contribution is 7.89. The van der Waals surface area contributed by atoms with Crippen molar-refractivity contribution in [1.82, 2.24) is 15.0 Å². The van der Waals surface area contributed by atoms with Crippen molar-refractivity contribution in [3.8, 4) is 5.75 Å². The van der Waals surface area contributed by atoms with Gasteiger partial charge in [0.1, 0.15) is 12.4 Å². The van der Waals surface area contributed by atoms with E-state index in [1.54, 1.807) is 30.5 Å². The van der Waals surface area contributed by atoms with Crippen LogP contribution in [0.1, 0.15) is 11.3 Å². The maximum Gasteiger partial charge on any atom is 0.238 e. The molecular formula is C23H21FN6O3S. The first-order valence-electron chi connectivity index (χ1n) is 10.1. The van der Waals surface area contributed by atoms with Crippen molar-refractivity contribution in [3.05, 3.63) is 90.1 Å². The quantitative estimate of drug-likeness (QED) is 0.344. The molecule has 11 heteroatoms. The van der Waals surface area contributed by atoms with Crippen molar-refractivity contribution >= 4 is 33.2 Å². The molecule has 0 atom stereocenters. The zero-order chi connectivity index (χ0) is 24.1. The van der Waals surface area contributed by atoms with Gasteiger partial charge in [0.25, 0.3) is 0 Å². The summed E-state index contributed by atoms with van der Waals surface area (Å²) in [4.78, 5) is 12.2. The monoisotopic (exact) mass is 480 g/mol. The van der Waals surface area contributed by atoms with Gasteiger partial charge in [-0.3, -0.25) is 4.98 Å². The van der Waals surface area contributed by atoms with Crippen LogP contribution in [-0.4, -0.2) is 23.4 Å². The molecule has 0 bridgehead atoms. The van der Waals surface area contributed by atoms with E-state index in [2.05, 4.69) is 25.6 Å². The van der Waals surface area contributed by atoms with Crippen molar-refractivity contribution in [2.24, 2.45) is 5.14 Å². The van der Waals surface area contributed by atoms with Gasteiger partial charge in [-0.1, -0.05) is 12.1 Å². The maximum atomic E-state index is 14.4. The lowest BCUT2D eigenvalue weighted by Crippen LogP contribution is -2.12. The fraction of sp³-hybridized carbons (Fsp3) is 0.0870. The number of sulfonamides is 1. The first-order valence-corrected chi connectivity index (χ1v) is 11.7. The topological polar surface area (TPSA) is 132 Å². The smallest absolute Gasteiger partial charge is 0.238 e. The average Bonchev–Trinajstić information content (AvgIpc) is 2.81. The van der Waals surface area contributed by atoms with Crippen LogP contribution in [0.15, 0.2) is 78.0 Å². The number of nitrogens with zero attached hydrogens (tertiary/aromatic N) is 3. The number of ether oxygens (including phenoxy) is 1. The Balaban J connectivity index is 1.48. The van der Waals surface area contributed by atoms with E-state index in [-0.39, 0.29) is 16.7 Å². The van der Waals surface area contributed by atoms with Crippen molar-refractivity contribution in [2.45, 2.75) is 18.4 Å². The number of primary sulfonamides is 1. The van der Waals surface area contributed by atoms with Crippen molar-refractivity contribution < 1.29 is 17.5 Å². The fourth-order valence-electron chi connectivity index (χ4n) is 3.06. The molecule has 2 heterocycles. The third-order valence-corrected chi connectivity index (χ3v) is 5.61. The molecule has 0 amide bonds. The summed E-state index contributed by atoms with van der Waals surface area (Å²) in [6, 6.07) is 16.8. The molecule has 0 aliphatic rings. The fourth-order valence-corrected chi connectivity index (χ4v) is 3.62. The molecule has 4 rings (SSSR count). The Kier molecular flexibility index (Phi) is 6.66. The molecule has 0 aliphatic carbocycles. The number of nitrogens with one attached hydrogen (secondary N) is 2. The number of aryl methyl sites for hydroxylation is 1. The minimum Gasteiger partial charge on any atom is -0.487 e. The van der Waals surface area contributed by atoms with Gasteiger partial charge in [0, 0.05) is 17.6 Å². The zero-order valence-corrected chi connectivity index (χ0v) is 18.9. The van der Waals surface area contributed by atoms with Crippen LogP contribution in [0.5, 0.6) is 5.75 Å². The summed E-state index contributed by atoms with van der Waals surface area (Å²) < 4.78 is 43.3. The normalized spacial score (nSPS) is 11.1. The van der Waals surface area contributed by atoms with Crippen molar-refractivity contribution in [1.29, 1.82) is 0 Å². The summed E-state index contributed by atoms with van der Waals surface area (Å²) in [7, 11) is -3.87. The molecule has 0 radical (unpaired) electrons. The Morgan fingerprint density at radius 2 is 1.82 bits per heavy atom. The first-order chi connectivity index (χ1) is 16.3. The predicted molar refractivity (Wildman–Crippen MR) is 126 cm³/mol. The van der Waals surface area contributed by atoms with E-state index in [1.165, 1.54) is 18.2 Å². The molecule has 0 aliphatic heterocycles. The van der Waals surface area contributed by atoms with E-state index >= 15 is 0 Å². The van der Waals surface area contributed by atoms with Crippen LogP contribution in [0.3, 0.4) is 0 Å². The number of anilines is 4. The van der Waals surface area contributed by atoms with Gasteiger partial charge in [-0.2, -0.15) is 4.98 Å². The van der Waals surface area contributed by atoms with E-state index in [1.807, 2.05) is 25.1 Å². The van der Waals surface area contributed by atoms with Gasteiger partial charge in [-0.15, -0.1) is 0 Å². The molecule has 0 spiro atoms. The lowest BCUT2D eigenvalue weighted by molar-refractivity contribution is 0.299. The third-order valence-electron chi connectivity index (χ3n) is 4.70. The maximum absolute atomic E-state index is 14.4. The number of benzene rings is 2. The summed E-state index contributed by atoms with van der Waals surface area (Å²) in [5.41, 5.74) is 2.63. The zero-order valence-electron chi connectivity index (χ0n) is 18.1. The Hall–Kier alpha value is -4.09. The van der Waals surface area contributed by atoms with E-state index in [0.29, 0.717) is 23.7 Å². The summed E-state index contributed by atoms with van der Waals surface area (Å²) >= 11 is 0. The van der Waals surface area contributed by atoms with Crippen LogP contribution in [0, 0.1) is 12.7 Å². The molecule has 4 aromatic rings. The summed E-state index contributed by atoms with van der Waals surface area (Å²) in [6.07, 6.45) is 2.72. The van der Waals surface area contributed by atoms with Gasteiger partial charge in [-0.05, 0) is 61.0 Å². The minimum atomic E-state index is -3.87. The molecule has 9 nitrogen and oxygen atoms in total. The summed E-state index contributed by atoms with van der Waals surface area (Å²) in [5, 5.41) is 10.9. The van der Waals surface area contributed by atoms with Gasteiger partial charge in [0.05, 0.1) is 16.8 Å². The Labute approximate surface area is 195 Å². The van der Waals surface area contributed by atoms with E-state index in [0.717, 1.165) is 17.5 Å². The SMILES string of the molecule is Cc1cc(Nc2nc(Nc3cccc(S(N)(=O)=O)c3)ncc2F)ccc1OCc1ccccn1. The van der Waals surface area contributed by atoms with E-state index in [4.69, 9.17) is 9.88 Å². The molecule has 4 N–H and O–H groups in total. The number of pyridine rings is 1. The number of nitrogens with two attached hydrogens (primary N) is 1. The highest BCUT2D eigenvalue weighted by Gasteiger charge is 2.11. The van der Waals surface area contributed by atoms with E-state index < -0.39 is 15.8 Å². The molecule has 2 aromatic heterocycles. The van der Waals surface area contributed by atoms with Gasteiger partial charge < -0.3 is 15.4 Å². The molecule has 0 fully saturated rings. The molecule has 0 unspecified atom stereocenters. The van der Waals surface area contributed by atoms with Crippen molar-refractivity contribution in [3.63, 3.8) is 0 Å². The lowest BCUT2D eigenvalue weighted by Gasteiger charge is -2.13. The number of hydrogen-bond donors (Lipinski definition) is 3. The highest BCUT2D eigenvalue weighted by Crippen LogP contribution is 2.26. The minimum absolute atomic E-state index is 0.0540. The molecule has 34 heavy (non-hydrogen) atoms. The molecule has 2 aromatic carbocycles. The second kappa shape index (κ2) is 9.81. The third kappa shape index (κ3) is 5.82. The molecule has 0 saturated heterocycles. The number of rotatable bonds is 8. The standard InChI is InChI=1S/C23H21FN6O3S/c1-15-11-17(8-9-21(15)33-14-18-5-2-3-10-26-18)28-22-20(24)13-27-23(30-22)29-16-6-4-7-19(12-16)34(25,31)32/h2-13H,14H2,1H3,(H2,25,31,32)(H2,27,28,29,30).